The molecule has 0 aliphatic heterocycles. The largest absolute Gasteiger partial charge is 0.462 e. The summed E-state index contributed by atoms with van der Waals surface area (Å²) in [7, 11) is 0. The highest BCUT2D eigenvalue weighted by Crippen LogP contribution is 2.17. The van der Waals surface area contributed by atoms with Crippen molar-refractivity contribution in [3.05, 3.63) is 109 Å². The van der Waals surface area contributed by atoms with Crippen LogP contribution in [0.4, 0.5) is 0 Å². The quantitative estimate of drug-likeness (QED) is 0.0261. The lowest BCUT2D eigenvalue weighted by Gasteiger charge is -2.18. The Kier molecular flexibility index (Phi) is 63.3. The third-order valence-corrected chi connectivity index (χ3v) is 14.3. The van der Waals surface area contributed by atoms with E-state index < -0.39 is 6.10 Å². The molecule has 0 spiro atoms. The number of ether oxygens (including phenoxy) is 3. The van der Waals surface area contributed by atoms with Gasteiger partial charge in [0.05, 0.1) is 0 Å². The van der Waals surface area contributed by atoms with Crippen molar-refractivity contribution < 1.29 is 28.6 Å². The molecule has 6 nitrogen and oxygen atoms in total. The van der Waals surface area contributed by atoms with Crippen molar-refractivity contribution in [3.8, 4) is 0 Å². The van der Waals surface area contributed by atoms with Gasteiger partial charge in [0, 0.05) is 19.3 Å². The van der Waals surface area contributed by atoms with Crippen LogP contribution in [0.15, 0.2) is 109 Å². The van der Waals surface area contributed by atoms with Crippen molar-refractivity contribution in [1.82, 2.24) is 0 Å². The Morgan fingerprint density at radius 2 is 0.519 bits per heavy atom. The van der Waals surface area contributed by atoms with E-state index in [1.54, 1.807) is 0 Å². The fourth-order valence-corrected chi connectivity index (χ4v) is 9.30. The number of unbranched alkanes of at least 4 members (excludes halogenated alkanes) is 31. The molecule has 0 fully saturated rings. The first-order chi connectivity index (χ1) is 39.0. The maximum atomic E-state index is 12.9. The third kappa shape index (κ3) is 64.8. The number of rotatable bonds is 60. The monoisotopic (exact) mass is 1100 g/mol. The second kappa shape index (κ2) is 66.6. The Hall–Kier alpha value is -3.93. The van der Waals surface area contributed by atoms with Gasteiger partial charge in [-0.25, -0.2) is 0 Å². The molecule has 0 rings (SSSR count). The van der Waals surface area contributed by atoms with Gasteiger partial charge in [-0.2, -0.15) is 0 Å². The minimum Gasteiger partial charge on any atom is -0.462 e. The van der Waals surface area contributed by atoms with Gasteiger partial charge in [-0.15, -0.1) is 0 Å². The van der Waals surface area contributed by atoms with Crippen LogP contribution in [-0.2, 0) is 28.6 Å². The Labute approximate surface area is 489 Å². The summed E-state index contributed by atoms with van der Waals surface area (Å²) < 4.78 is 16.9. The van der Waals surface area contributed by atoms with E-state index in [1.165, 1.54) is 167 Å². The van der Waals surface area contributed by atoms with Gasteiger partial charge in [0.15, 0.2) is 6.10 Å². The van der Waals surface area contributed by atoms with Gasteiger partial charge >= 0.3 is 17.9 Å². The molecular formula is C73H124O6. The van der Waals surface area contributed by atoms with E-state index in [4.69, 9.17) is 14.2 Å². The van der Waals surface area contributed by atoms with Crippen LogP contribution >= 0.6 is 0 Å². The van der Waals surface area contributed by atoms with E-state index in [1.807, 2.05) is 6.08 Å². The summed E-state index contributed by atoms with van der Waals surface area (Å²) in [4.78, 5) is 38.4. The molecule has 0 saturated carbocycles. The highest BCUT2D eigenvalue weighted by atomic mass is 16.6. The van der Waals surface area contributed by atoms with Crippen LogP contribution in [-0.4, -0.2) is 37.2 Å². The van der Waals surface area contributed by atoms with Gasteiger partial charge in [-0.05, 0) is 96.3 Å². The number of hydrogen-bond acceptors (Lipinski definition) is 6. The number of esters is 3. The van der Waals surface area contributed by atoms with Gasteiger partial charge in [-0.3, -0.25) is 14.4 Å². The van der Waals surface area contributed by atoms with E-state index in [0.29, 0.717) is 19.3 Å². The van der Waals surface area contributed by atoms with Crippen molar-refractivity contribution in [2.24, 2.45) is 0 Å². The molecule has 0 radical (unpaired) electrons. The molecule has 0 aromatic carbocycles. The zero-order valence-corrected chi connectivity index (χ0v) is 51.9. The zero-order valence-electron chi connectivity index (χ0n) is 51.9. The summed E-state index contributed by atoms with van der Waals surface area (Å²) in [5, 5.41) is 0. The molecule has 0 aromatic rings. The van der Waals surface area contributed by atoms with Crippen LogP contribution in [0.3, 0.4) is 0 Å². The van der Waals surface area contributed by atoms with Crippen molar-refractivity contribution in [2.75, 3.05) is 13.2 Å². The van der Waals surface area contributed by atoms with Crippen LogP contribution in [0.2, 0.25) is 0 Å². The molecule has 6 heteroatoms. The minimum atomic E-state index is -0.817. The van der Waals surface area contributed by atoms with E-state index in [-0.39, 0.29) is 37.5 Å². The molecule has 0 heterocycles. The van der Waals surface area contributed by atoms with Crippen LogP contribution in [0, 0.1) is 0 Å². The summed E-state index contributed by atoms with van der Waals surface area (Å²) in [5.41, 5.74) is 0. The van der Waals surface area contributed by atoms with E-state index in [9.17, 15) is 14.4 Å². The fraction of sp³-hybridized carbons (Fsp3) is 0.712. The first-order valence-electron chi connectivity index (χ1n) is 33.4. The maximum Gasteiger partial charge on any atom is 0.306 e. The Bertz CT molecular complexity index is 1590. The predicted molar refractivity (Wildman–Crippen MR) is 343 cm³/mol. The van der Waals surface area contributed by atoms with Gasteiger partial charge in [0.2, 0.25) is 0 Å². The number of allylic oxidation sites excluding steroid dienone is 18. The Balaban J connectivity index is 4.49. The maximum absolute atomic E-state index is 12.9. The summed E-state index contributed by atoms with van der Waals surface area (Å²) in [6.45, 7) is 6.48. The van der Waals surface area contributed by atoms with Crippen molar-refractivity contribution >= 4 is 17.9 Å². The standard InChI is InChI=1S/C73H124O6/c1-4-7-10-13-16-19-22-25-28-31-34-36-39-42-45-48-51-54-57-60-63-66-72(75)78-69-70(68-77-71(74)65-62-59-56-53-50-47-44-41-38-33-30-27-24-21-18-15-12-9-6-3)79-73(76)67-64-61-58-55-52-49-46-43-40-37-35-32-29-26-23-20-17-14-11-8-5-2/h9,12,18,21-22,25,27,30-31,34,38-39,41-42,47,50,56,59,70H,4-8,10-11,13-17,19-20,23-24,26,28-29,32-33,35-37,40,43-46,48-49,51-55,57-58,60-69H2,1-3H3/b12-9-,21-18-,25-22-,30-27-,34-31-,41-38-,42-39-,50-47-,59-56-. The molecule has 0 bridgehead atoms. The van der Waals surface area contributed by atoms with Crippen LogP contribution < -0.4 is 0 Å². The van der Waals surface area contributed by atoms with Crippen molar-refractivity contribution in [3.63, 3.8) is 0 Å². The molecule has 0 N–H and O–H groups in total. The van der Waals surface area contributed by atoms with Crippen LogP contribution in [0.5, 0.6) is 0 Å². The molecule has 1 unspecified atom stereocenters. The van der Waals surface area contributed by atoms with Gasteiger partial charge in [0.25, 0.3) is 0 Å². The second-order valence-electron chi connectivity index (χ2n) is 22.0. The van der Waals surface area contributed by atoms with E-state index in [0.717, 1.165) is 103 Å². The smallest absolute Gasteiger partial charge is 0.306 e. The van der Waals surface area contributed by atoms with Crippen LogP contribution in [0.1, 0.15) is 316 Å². The van der Waals surface area contributed by atoms with E-state index >= 15 is 0 Å². The highest BCUT2D eigenvalue weighted by molar-refractivity contribution is 5.71. The summed E-state index contributed by atoms with van der Waals surface area (Å²) in [5.74, 6) is -0.994. The number of carbonyl (C=O) groups is 3. The lowest BCUT2D eigenvalue weighted by molar-refractivity contribution is -0.166. The summed E-state index contributed by atoms with van der Waals surface area (Å²) in [6, 6.07) is 0. The Morgan fingerprint density at radius 3 is 0.848 bits per heavy atom. The molecule has 79 heavy (non-hydrogen) atoms. The number of carbonyl (C=O) groups excluding carboxylic acids is 3. The van der Waals surface area contributed by atoms with E-state index in [2.05, 4.69) is 124 Å². The summed E-state index contributed by atoms with van der Waals surface area (Å²) >= 11 is 0. The average molecular weight is 1100 g/mol. The molecule has 0 aromatic heterocycles. The lowest BCUT2D eigenvalue weighted by atomic mass is 10.0. The normalized spacial score (nSPS) is 12.8. The lowest BCUT2D eigenvalue weighted by Crippen LogP contribution is -2.30. The van der Waals surface area contributed by atoms with Gasteiger partial charge in [-0.1, -0.05) is 310 Å². The first-order valence-corrected chi connectivity index (χ1v) is 33.4. The zero-order chi connectivity index (χ0) is 57.1. The molecule has 0 amide bonds. The summed E-state index contributed by atoms with van der Waals surface area (Å²) in [6.07, 6.45) is 91.1. The molecule has 452 valence electrons. The van der Waals surface area contributed by atoms with Gasteiger partial charge in [0.1, 0.15) is 13.2 Å². The predicted octanol–water partition coefficient (Wildman–Crippen LogP) is 23.0. The molecule has 0 aliphatic carbocycles. The highest BCUT2D eigenvalue weighted by Gasteiger charge is 2.19. The molecular weight excluding hydrogens is 973 g/mol. The fourth-order valence-electron chi connectivity index (χ4n) is 9.30. The van der Waals surface area contributed by atoms with Crippen LogP contribution in [0.25, 0.3) is 0 Å². The first kappa shape index (κ1) is 75.1. The molecule has 0 aliphatic rings. The second-order valence-corrected chi connectivity index (χ2v) is 22.0. The van der Waals surface area contributed by atoms with Crippen molar-refractivity contribution in [1.29, 1.82) is 0 Å². The van der Waals surface area contributed by atoms with Gasteiger partial charge < -0.3 is 14.2 Å². The number of hydrogen-bond donors (Lipinski definition) is 0. The third-order valence-electron chi connectivity index (χ3n) is 14.3. The SMILES string of the molecule is CC/C=C\C/C=C\C/C=C\C/C=C\C/C=C\C/C=C\CCC(=O)OCC(COC(=O)CCCCCCCC/C=C\C/C=C\C/C=C\CCCCCCC)OC(=O)CCCCCCCCCCCCCCCCCCCCCCC. The van der Waals surface area contributed by atoms with Crippen molar-refractivity contribution in [2.45, 2.75) is 322 Å². The Morgan fingerprint density at radius 1 is 0.266 bits per heavy atom. The minimum absolute atomic E-state index is 0.107. The topological polar surface area (TPSA) is 78.9 Å². The average Bonchev–Trinajstić information content (AvgIpc) is 3.45. The molecule has 1 atom stereocenters. The molecule has 0 saturated heterocycles.